The van der Waals surface area contributed by atoms with E-state index in [1.54, 1.807) is 18.7 Å². The predicted molar refractivity (Wildman–Crippen MR) is 57.3 cm³/mol. The first kappa shape index (κ1) is 9.98. The van der Waals surface area contributed by atoms with E-state index in [0.29, 0.717) is 10.6 Å². The second kappa shape index (κ2) is 3.90. The molecule has 1 aromatic heterocycles. The highest BCUT2D eigenvalue weighted by Crippen LogP contribution is 2.36. The summed E-state index contributed by atoms with van der Waals surface area (Å²) in [7, 11) is 0. The number of aryl methyl sites for hydroxylation is 1. The zero-order valence-corrected chi connectivity index (χ0v) is 9.45. The zero-order chi connectivity index (χ0) is 10.1. The Labute approximate surface area is 90.6 Å². The number of nitrogens with zero attached hydrogens (tertiary/aromatic N) is 1. The molecule has 1 aliphatic carbocycles. The third-order valence-electron chi connectivity index (χ3n) is 2.11. The number of thioether (sulfide) groups is 1. The second-order valence-electron chi connectivity index (χ2n) is 3.45. The van der Waals surface area contributed by atoms with E-state index in [9.17, 15) is 4.79 Å². The summed E-state index contributed by atoms with van der Waals surface area (Å²) in [6, 6.07) is 0. The molecule has 0 aromatic carbocycles. The van der Waals surface area contributed by atoms with Crippen LogP contribution in [0.2, 0.25) is 0 Å². The van der Waals surface area contributed by atoms with Crippen LogP contribution >= 0.6 is 23.1 Å². The Bertz CT molecular complexity index is 358. The molecule has 1 aromatic rings. The third-order valence-corrected chi connectivity index (χ3v) is 4.63. The minimum absolute atomic E-state index is 0.378. The first-order chi connectivity index (χ1) is 6.66. The van der Waals surface area contributed by atoms with Crippen LogP contribution in [0.15, 0.2) is 4.34 Å². The fourth-order valence-electron chi connectivity index (χ4n) is 1.11. The molecule has 14 heavy (non-hydrogen) atoms. The molecule has 1 aliphatic rings. The van der Waals surface area contributed by atoms with Crippen LogP contribution < -0.4 is 0 Å². The lowest BCUT2D eigenvalue weighted by molar-refractivity contribution is 0.0701. The molecule has 5 heteroatoms. The van der Waals surface area contributed by atoms with E-state index in [1.165, 1.54) is 24.2 Å². The van der Waals surface area contributed by atoms with Gasteiger partial charge in [0.25, 0.3) is 0 Å². The molecule has 0 unspecified atom stereocenters. The Morgan fingerprint density at radius 1 is 1.71 bits per heavy atom. The molecule has 1 fully saturated rings. The van der Waals surface area contributed by atoms with E-state index in [2.05, 4.69) is 4.98 Å². The molecule has 2 rings (SSSR count). The van der Waals surface area contributed by atoms with Crippen molar-refractivity contribution < 1.29 is 9.90 Å². The van der Waals surface area contributed by atoms with Crippen LogP contribution in [0.3, 0.4) is 0 Å². The highest BCUT2D eigenvalue weighted by Gasteiger charge is 2.22. The molecular weight excluding hydrogens is 218 g/mol. The fraction of sp³-hybridized carbons (Fsp3) is 0.556. The average Bonchev–Trinajstić information content (AvgIpc) is 2.86. The number of hydrogen-bond donors (Lipinski definition) is 1. The van der Waals surface area contributed by atoms with Crippen molar-refractivity contribution in [3.8, 4) is 0 Å². The summed E-state index contributed by atoms with van der Waals surface area (Å²) in [5.41, 5.74) is 0.640. The lowest BCUT2D eigenvalue weighted by Gasteiger charge is -1.91. The van der Waals surface area contributed by atoms with Gasteiger partial charge in [0, 0.05) is 5.75 Å². The molecule has 1 saturated carbocycles. The predicted octanol–water partition coefficient (Wildman–Crippen LogP) is 2.65. The van der Waals surface area contributed by atoms with Gasteiger partial charge in [-0.05, 0) is 25.7 Å². The first-order valence-corrected chi connectivity index (χ1v) is 6.30. The van der Waals surface area contributed by atoms with Crippen molar-refractivity contribution in [3.63, 3.8) is 0 Å². The fourth-order valence-corrected chi connectivity index (χ4v) is 3.35. The SMILES string of the molecule is Cc1nc(SCC2CC2)sc1C(=O)O. The maximum Gasteiger partial charge on any atom is 0.347 e. The second-order valence-corrected chi connectivity index (χ2v) is 5.72. The van der Waals surface area contributed by atoms with Crippen LogP contribution in [-0.4, -0.2) is 21.8 Å². The van der Waals surface area contributed by atoms with E-state index in [-0.39, 0.29) is 0 Å². The van der Waals surface area contributed by atoms with Gasteiger partial charge < -0.3 is 5.11 Å². The summed E-state index contributed by atoms with van der Waals surface area (Å²) in [5.74, 6) is 1.07. The van der Waals surface area contributed by atoms with Crippen molar-refractivity contribution in [1.29, 1.82) is 0 Å². The highest BCUT2D eigenvalue weighted by molar-refractivity contribution is 8.01. The summed E-state index contributed by atoms with van der Waals surface area (Å²) < 4.78 is 0.895. The quantitative estimate of drug-likeness (QED) is 0.806. The van der Waals surface area contributed by atoms with E-state index in [1.807, 2.05) is 0 Å². The zero-order valence-electron chi connectivity index (χ0n) is 7.82. The van der Waals surface area contributed by atoms with Crippen LogP contribution in [0.4, 0.5) is 0 Å². The molecule has 0 atom stereocenters. The van der Waals surface area contributed by atoms with Crippen molar-refractivity contribution in [2.24, 2.45) is 5.92 Å². The number of carbonyl (C=O) groups is 1. The molecular formula is C9H11NO2S2. The average molecular weight is 229 g/mol. The Morgan fingerprint density at radius 3 is 2.93 bits per heavy atom. The Balaban J connectivity index is 2.02. The van der Waals surface area contributed by atoms with Crippen molar-refractivity contribution in [2.45, 2.75) is 24.1 Å². The summed E-state index contributed by atoms with van der Waals surface area (Å²) in [4.78, 5) is 15.4. The molecule has 0 saturated heterocycles. The number of aromatic carboxylic acids is 1. The van der Waals surface area contributed by atoms with Crippen molar-refractivity contribution in [1.82, 2.24) is 4.98 Å². The summed E-state index contributed by atoms with van der Waals surface area (Å²) in [6.45, 7) is 1.75. The number of hydrogen-bond acceptors (Lipinski definition) is 4. The topological polar surface area (TPSA) is 50.2 Å². The standard InChI is InChI=1S/C9H11NO2S2/c1-5-7(8(11)12)14-9(10-5)13-4-6-2-3-6/h6H,2-4H2,1H3,(H,11,12). The number of carboxylic acids is 1. The van der Waals surface area contributed by atoms with Gasteiger partial charge in [-0.3, -0.25) is 0 Å². The molecule has 0 spiro atoms. The number of carboxylic acid groups (broad SMARTS) is 1. The van der Waals surface area contributed by atoms with Gasteiger partial charge >= 0.3 is 5.97 Å². The largest absolute Gasteiger partial charge is 0.477 e. The van der Waals surface area contributed by atoms with Gasteiger partial charge in [-0.1, -0.05) is 11.8 Å². The molecule has 1 N–H and O–H groups in total. The van der Waals surface area contributed by atoms with Gasteiger partial charge in [0.1, 0.15) is 4.88 Å². The van der Waals surface area contributed by atoms with Crippen LogP contribution in [-0.2, 0) is 0 Å². The Morgan fingerprint density at radius 2 is 2.43 bits per heavy atom. The van der Waals surface area contributed by atoms with Gasteiger partial charge in [0.05, 0.1) is 5.69 Å². The molecule has 0 radical (unpaired) electrons. The minimum atomic E-state index is -0.863. The summed E-state index contributed by atoms with van der Waals surface area (Å²) in [6.07, 6.45) is 2.65. The van der Waals surface area contributed by atoms with Crippen LogP contribution in [0.5, 0.6) is 0 Å². The van der Waals surface area contributed by atoms with Crippen LogP contribution in [0.1, 0.15) is 28.2 Å². The van der Waals surface area contributed by atoms with Crippen molar-refractivity contribution >= 4 is 29.1 Å². The first-order valence-electron chi connectivity index (χ1n) is 4.50. The monoisotopic (exact) mass is 229 g/mol. The highest BCUT2D eigenvalue weighted by atomic mass is 32.2. The third kappa shape index (κ3) is 2.27. The van der Waals surface area contributed by atoms with Crippen molar-refractivity contribution in [3.05, 3.63) is 10.6 Å². The molecule has 1 heterocycles. The number of rotatable bonds is 4. The number of thiazole rings is 1. The van der Waals surface area contributed by atoms with Crippen LogP contribution in [0.25, 0.3) is 0 Å². The van der Waals surface area contributed by atoms with E-state index >= 15 is 0 Å². The minimum Gasteiger partial charge on any atom is -0.477 e. The van der Waals surface area contributed by atoms with E-state index in [0.717, 1.165) is 16.0 Å². The maximum absolute atomic E-state index is 10.7. The molecule has 76 valence electrons. The molecule has 0 aliphatic heterocycles. The maximum atomic E-state index is 10.7. The van der Waals surface area contributed by atoms with E-state index in [4.69, 9.17) is 5.11 Å². The smallest absolute Gasteiger partial charge is 0.347 e. The normalized spacial score (nSPS) is 15.8. The van der Waals surface area contributed by atoms with Crippen LogP contribution in [0, 0.1) is 12.8 Å². The summed E-state index contributed by atoms with van der Waals surface area (Å²) in [5, 5.41) is 8.83. The lowest BCUT2D eigenvalue weighted by atomic mass is 10.4. The van der Waals surface area contributed by atoms with Gasteiger partial charge in [-0.15, -0.1) is 11.3 Å². The van der Waals surface area contributed by atoms with Gasteiger partial charge in [0.15, 0.2) is 4.34 Å². The van der Waals surface area contributed by atoms with E-state index < -0.39 is 5.97 Å². The van der Waals surface area contributed by atoms with Crippen molar-refractivity contribution in [2.75, 3.05) is 5.75 Å². The number of aromatic nitrogens is 1. The molecule has 0 bridgehead atoms. The van der Waals surface area contributed by atoms with Gasteiger partial charge in [-0.2, -0.15) is 0 Å². The summed E-state index contributed by atoms with van der Waals surface area (Å²) >= 11 is 2.98. The van der Waals surface area contributed by atoms with Gasteiger partial charge in [-0.25, -0.2) is 9.78 Å². The molecule has 3 nitrogen and oxygen atoms in total. The Kier molecular flexibility index (Phi) is 2.78. The molecule has 0 amide bonds. The lowest BCUT2D eigenvalue weighted by Crippen LogP contribution is -1.94. The Hall–Kier alpha value is -0.550. The van der Waals surface area contributed by atoms with Gasteiger partial charge in [0.2, 0.25) is 0 Å².